The Balaban J connectivity index is 1.50. The van der Waals surface area contributed by atoms with Gasteiger partial charge >= 0.3 is 11.6 Å². The van der Waals surface area contributed by atoms with Crippen LogP contribution in [-0.2, 0) is 4.74 Å². The van der Waals surface area contributed by atoms with Gasteiger partial charge in [-0.1, -0.05) is 17.7 Å². The van der Waals surface area contributed by atoms with Crippen LogP contribution in [0.4, 0.5) is 0 Å². The van der Waals surface area contributed by atoms with Gasteiger partial charge in [-0.15, -0.1) is 0 Å². The van der Waals surface area contributed by atoms with Crippen LogP contribution in [0.1, 0.15) is 39.1 Å². The third kappa shape index (κ3) is 4.41. The minimum absolute atomic E-state index is 0.0211. The van der Waals surface area contributed by atoms with E-state index in [2.05, 4.69) is 5.32 Å². The van der Waals surface area contributed by atoms with Crippen molar-refractivity contribution in [3.8, 4) is 5.75 Å². The predicted molar refractivity (Wildman–Crippen MR) is 110 cm³/mol. The first kappa shape index (κ1) is 19.8. The van der Waals surface area contributed by atoms with Crippen molar-refractivity contribution in [1.82, 2.24) is 5.32 Å². The molecule has 0 bridgehead atoms. The number of hydrogen-bond donors (Lipinski definition) is 1. The third-order valence-corrected chi connectivity index (χ3v) is 4.96. The highest BCUT2D eigenvalue weighted by molar-refractivity contribution is 5.97. The van der Waals surface area contributed by atoms with E-state index in [9.17, 15) is 14.4 Å². The van der Waals surface area contributed by atoms with E-state index in [0.29, 0.717) is 24.1 Å². The summed E-state index contributed by atoms with van der Waals surface area (Å²) < 4.78 is 16.1. The normalized spacial score (nSPS) is 15.8. The molecule has 1 aliphatic heterocycles. The van der Waals surface area contributed by atoms with Crippen LogP contribution in [0.15, 0.2) is 57.7 Å². The number of hydrogen-bond acceptors (Lipinski definition) is 6. The summed E-state index contributed by atoms with van der Waals surface area (Å²) in [5, 5.41) is 3.26. The van der Waals surface area contributed by atoms with Crippen molar-refractivity contribution in [2.75, 3.05) is 13.2 Å². The first-order valence-electron chi connectivity index (χ1n) is 9.76. The molecule has 0 spiro atoms. The zero-order valence-electron chi connectivity index (χ0n) is 16.5. The molecule has 2 aromatic carbocycles. The molecule has 1 aliphatic rings. The zero-order chi connectivity index (χ0) is 21.1. The number of carbonyl (C=O) groups excluding carboxylic acids is 2. The summed E-state index contributed by atoms with van der Waals surface area (Å²) in [5.74, 6) is -0.773. The maximum absolute atomic E-state index is 12.4. The second-order valence-electron chi connectivity index (χ2n) is 7.25. The summed E-state index contributed by atoms with van der Waals surface area (Å²) in [6.45, 7) is 2.97. The molecule has 0 radical (unpaired) electrons. The number of carbonyl (C=O) groups is 2. The van der Waals surface area contributed by atoms with Crippen LogP contribution in [0.5, 0.6) is 5.75 Å². The van der Waals surface area contributed by atoms with Gasteiger partial charge in [0, 0.05) is 24.6 Å². The molecule has 7 nitrogen and oxygen atoms in total. The maximum Gasteiger partial charge on any atom is 0.349 e. The maximum atomic E-state index is 12.4. The predicted octanol–water partition coefficient (Wildman–Crippen LogP) is 3.23. The molecule has 3 aromatic rings. The largest absolute Gasteiger partial charge is 0.423 e. The Kier molecular flexibility index (Phi) is 5.63. The highest BCUT2D eigenvalue weighted by Gasteiger charge is 2.19. The van der Waals surface area contributed by atoms with Gasteiger partial charge in [0.05, 0.1) is 11.7 Å². The fraction of sp³-hybridized carbons (Fsp3) is 0.261. The van der Waals surface area contributed by atoms with Gasteiger partial charge < -0.3 is 19.2 Å². The van der Waals surface area contributed by atoms with Crippen molar-refractivity contribution < 1.29 is 23.5 Å². The lowest BCUT2D eigenvalue weighted by atomic mass is 10.1. The minimum Gasteiger partial charge on any atom is -0.423 e. The quantitative estimate of drug-likeness (QED) is 0.396. The number of esters is 1. The Morgan fingerprint density at radius 3 is 2.67 bits per heavy atom. The fourth-order valence-electron chi connectivity index (χ4n) is 3.28. The van der Waals surface area contributed by atoms with Crippen molar-refractivity contribution in [3.63, 3.8) is 0 Å². The molecular formula is C23H21NO6. The van der Waals surface area contributed by atoms with Crippen LogP contribution in [-0.4, -0.2) is 31.1 Å². The third-order valence-electron chi connectivity index (χ3n) is 4.96. The van der Waals surface area contributed by atoms with Crippen molar-refractivity contribution >= 4 is 22.8 Å². The number of nitrogens with one attached hydrogen (secondary N) is 1. The number of fused-ring (bicyclic) bond motifs is 1. The van der Waals surface area contributed by atoms with Gasteiger partial charge in [0.1, 0.15) is 16.9 Å². The van der Waals surface area contributed by atoms with Crippen LogP contribution in [0.2, 0.25) is 0 Å². The molecular weight excluding hydrogens is 386 g/mol. The lowest BCUT2D eigenvalue weighted by molar-refractivity contribution is 0.0734. The minimum atomic E-state index is -0.755. The lowest BCUT2D eigenvalue weighted by Crippen LogP contribution is -2.34. The molecule has 0 saturated carbocycles. The Labute approximate surface area is 172 Å². The standard InChI is InChI=1S/C23H21NO6/c1-14-4-6-15(7-5-14)22(26)29-17-9-8-16-11-19(23(27)30-20(16)12-17)21(25)24-13-18-3-2-10-28-18/h4-9,11-12,18H,2-3,10,13H2,1H3,(H,24,25). The first-order valence-corrected chi connectivity index (χ1v) is 9.76. The van der Waals surface area contributed by atoms with Crippen LogP contribution in [0, 0.1) is 6.92 Å². The van der Waals surface area contributed by atoms with Gasteiger partial charge in [0.15, 0.2) is 0 Å². The van der Waals surface area contributed by atoms with Gasteiger partial charge in [-0.05, 0) is 50.1 Å². The van der Waals surface area contributed by atoms with Gasteiger partial charge in [-0.2, -0.15) is 0 Å². The number of amides is 1. The molecule has 1 unspecified atom stereocenters. The number of ether oxygens (including phenoxy) is 2. The molecule has 30 heavy (non-hydrogen) atoms. The van der Waals surface area contributed by atoms with Crippen molar-refractivity contribution in [2.24, 2.45) is 0 Å². The summed E-state index contributed by atoms with van der Waals surface area (Å²) in [6.07, 6.45) is 1.83. The molecule has 7 heteroatoms. The smallest absolute Gasteiger partial charge is 0.349 e. The van der Waals surface area contributed by atoms with Crippen LogP contribution in [0.3, 0.4) is 0 Å². The Hall–Kier alpha value is -3.45. The average molecular weight is 407 g/mol. The van der Waals surface area contributed by atoms with Crippen molar-refractivity contribution in [2.45, 2.75) is 25.9 Å². The van der Waals surface area contributed by atoms with Gasteiger partial charge in [-0.25, -0.2) is 9.59 Å². The van der Waals surface area contributed by atoms with Crippen LogP contribution < -0.4 is 15.7 Å². The summed E-state index contributed by atoms with van der Waals surface area (Å²) in [6, 6.07) is 13.1. The molecule has 1 N–H and O–H groups in total. The average Bonchev–Trinajstić information content (AvgIpc) is 3.25. The van der Waals surface area contributed by atoms with E-state index >= 15 is 0 Å². The number of benzene rings is 2. The van der Waals surface area contributed by atoms with E-state index in [0.717, 1.165) is 18.4 Å². The van der Waals surface area contributed by atoms with Crippen molar-refractivity contribution in [3.05, 3.63) is 75.6 Å². The summed E-state index contributed by atoms with van der Waals surface area (Å²) in [5.41, 5.74) is 0.846. The van der Waals surface area contributed by atoms with Crippen LogP contribution in [0.25, 0.3) is 11.0 Å². The molecule has 1 atom stereocenters. The molecule has 1 saturated heterocycles. The summed E-state index contributed by atoms with van der Waals surface area (Å²) >= 11 is 0. The van der Waals surface area contributed by atoms with Gasteiger partial charge in [0.25, 0.3) is 5.91 Å². The van der Waals surface area contributed by atoms with Gasteiger partial charge in [0.2, 0.25) is 0 Å². The molecule has 1 fully saturated rings. The first-order chi connectivity index (χ1) is 14.5. The van der Waals surface area contributed by atoms with E-state index in [4.69, 9.17) is 13.9 Å². The lowest BCUT2D eigenvalue weighted by Gasteiger charge is -2.10. The Morgan fingerprint density at radius 2 is 1.93 bits per heavy atom. The summed E-state index contributed by atoms with van der Waals surface area (Å²) in [7, 11) is 0. The topological polar surface area (TPSA) is 94.8 Å². The number of aryl methyl sites for hydroxylation is 1. The van der Waals surface area contributed by atoms with E-state index in [1.165, 1.54) is 12.1 Å². The SMILES string of the molecule is Cc1ccc(C(=O)Oc2ccc3cc(C(=O)NCC4CCCO4)c(=O)oc3c2)cc1. The second kappa shape index (κ2) is 8.51. The van der Waals surface area contributed by atoms with E-state index in [1.54, 1.807) is 24.3 Å². The second-order valence-corrected chi connectivity index (χ2v) is 7.25. The fourth-order valence-corrected chi connectivity index (χ4v) is 3.28. The molecule has 2 heterocycles. The molecule has 1 aromatic heterocycles. The summed E-state index contributed by atoms with van der Waals surface area (Å²) in [4.78, 5) is 36.9. The molecule has 4 rings (SSSR count). The molecule has 0 aliphatic carbocycles. The highest BCUT2D eigenvalue weighted by Crippen LogP contribution is 2.22. The zero-order valence-corrected chi connectivity index (χ0v) is 16.5. The monoisotopic (exact) mass is 407 g/mol. The van der Waals surface area contributed by atoms with E-state index in [-0.39, 0.29) is 23.0 Å². The molecule has 1 amide bonds. The highest BCUT2D eigenvalue weighted by atomic mass is 16.5. The Bertz CT molecular complexity index is 1140. The Morgan fingerprint density at radius 1 is 1.13 bits per heavy atom. The molecule has 154 valence electrons. The van der Waals surface area contributed by atoms with Crippen LogP contribution >= 0.6 is 0 Å². The van der Waals surface area contributed by atoms with E-state index in [1.807, 2.05) is 19.1 Å². The van der Waals surface area contributed by atoms with Crippen molar-refractivity contribution in [1.29, 1.82) is 0 Å². The van der Waals surface area contributed by atoms with Gasteiger partial charge in [-0.3, -0.25) is 4.79 Å². The number of rotatable bonds is 5. The van der Waals surface area contributed by atoms with E-state index < -0.39 is 17.5 Å².